The third-order valence-electron chi connectivity index (χ3n) is 14.4. The van der Waals surface area contributed by atoms with Gasteiger partial charge in [0.15, 0.2) is 0 Å². The fourth-order valence-corrected chi connectivity index (χ4v) is 9.65. The van der Waals surface area contributed by atoms with Gasteiger partial charge in [-0.2, -0.15) is 0 Å². The zero-order valence-corrected chi connectivity index (χ0v) is 47.0. The second-order valence-corrected chi connectivity index (χ2v) is 21.4. The zero-order chi connectivity index (χ0) is 50.7. The van der Waals surface area contributed by atoms with E-state index in [-0.39, 0.29) is 18.5 Å². The molecule has 0 aliphatic carbocycles. The third-order valence-corrected chi connectivity index (χ3v) is 14.4. The van der Waals surface area contributed by atoms with Gasteiger partial charge in [0, 0.05) is 12.8 Å². The van der Waals surface area contributed by atoms with Crippen molar-refractivity contribution in [1.29, 1.82) is 0 Å². The van der Waals surface area contributed by atoms with Gasteiger partial charge in [-0.3, -0.25) is 9.59 Å². The average Bonchev–Trinajstić information content (AvgIpc) is 3.36. The molecule has 0 radical (unpaired) electrons. The Balaban J connectivity index is 3.48. The van der Waals surface area contributed by atoms with Crippen molar-refractivity contribution >= 4 is 11.9 Å². The van der Waals surface area contributed by atoms with Gasteiger partial charge in [-0.05, 0) is 51.4 Å². The Labute approximate surface area is 436 Å². The Morgan fingerprint density at radius 2 is 0.714 bits per heavy atom. The number of unbranched alkanes of at least 4 members (excludes halogenated alkanes) is 43. The number of esters is 1. The lowest BCUT2D eigenvalue weighted by Crippen LogP contribution is -2.45. The van der Waals surface area contributed by atoms with Crippen LogP contribution in [0.5, 0.6) is 0 Å². The number of rotatable bonds is 58. The van der Waals surface area contributed by atoms with E-state index in [4.69, 9.17) is 4.74 Å². The maximum atomic E-state index is 12.5. The smallest absolute Gasteiger partial charge is 0.305 e. The summed E-state index contributed by atoms with van der Waals surface area (Å²) in [5.74, 6) is -0.105. The highest BCUT2D eigenvalue weighted by molar-refractivity contribution is 5.76. The Hall–Kier alpha value is -1.92. The minimum Gasteiger partial charge on any atom is -0.465 e. The SMILES string of the molecule is CCCCCCCCCCCCCCCCCCCC/C=C/C(O)C(CO)NC(=O)CCCCCCCCCCCCCCCC/C=C\C/C=C\CCOC(=O)CCCCCCCCCCCCCC. The number of aliphatic hydroxyl groups is 2. The first kappa shape index (κ1) is 68.1. The summed E-state index contributed by atoms with van der Waals surface area (Å²) in [5, 5.41) is 23.2. The summed E-state index contributed by atoms with van der Waals surface area (Å²) in [7, 11) is 0. The van der Waals surface area contributed by atoms with Crippen molar-refractivity contribution in [2.45, 2.75) is 347 Å². The molecule has 412 valence electrons. The van der Waals surface area contributed by atoms with E-state index < -0.39 is 12.1 Å². The number of aliphatic hydroxyl groups excluding tert-OH is 2. The van der Waals surface area contributed by atoms with Gasteiger partial charge in [0.2, 0.25) is 5.91 Å². The summed E-state index contributed by atoms with van der Waals surface area (Å²) in [6, 6.07) is -0.632. The van der Waals surface area contributed by atoms with Gasteiger partial charge in [0.25, 0.3) is 0 Å². The number of carbonyl (C=O) groups excluding carboxylic acids is 2. The molecule has 0 aliphatic heterocycles. The van der Waals surface area contributed by atoms with Crippen LogP contribution in [0.4, 0.5) is 0 Å². The van der Waals surface area contributed by atoms with Crippen LogP contribution in [-0.2, 0) is 14.3 Å². The maximum absolute atomic E-state index is 12.5. The lowest BCUT2D eigenvalue weighted by atomic mass is 10.0. The fraction of sp³-hybridized carbons (Fsp3) is 0.875. The van der Waals surface area contributed by atoms with Crippen molar-refractivity contribution in [3.8, 4) is 0 Å². The van der Waals surface area contributed by atoms with E-state index in [1.165, 1.54) is 257 Å². The topological polar surface area (TPSA) is 95.9 Å². The first-order chi connectivity index (χ1) is 34.5. The van der Waals surface area contributed by atoms with Gasteiger partial charge in [-0.1, -0.05) is 307 Å². The summed E-state index contributed by atoms with van der Waals surface area (Å²) in [6.07, 6.45) is 74.8. The molecule has 0 aromatic rings. The third kappa shape index (κ3) is 55.4. The molecule has 0 aliphatic rings. The van der Waals surface area contributed by atoms with Gasteiger partial charge in [0.05, 0.1) is 25.4 Å². The Kier molecular flexibility index (Phi) is 58.0. The van der Waals surface area contributed by atoms with E-state index in [1.807, 2.05) is 6.08 Å². The Morgan fingerprint density at radius 1 is 0.400 bits per heavy atom. The molecule has 2 unspecified atom stereocenters. The molecule has 0 heterocycles. The highest BCUT2D eigenvalue weighted by Crippen LogP contribution is 2.17. The van der Waals surface area contributed by atoms with Crippen LogP contribution in [0.1, 0.15) is 335 Å². The maximum Gasteiger partial charge on any atom is 0.305 e. The molecule has 0 aromatic carbocycles. The van der Waals surface area contributed by atoms with E-state index in [1.54, 1.807) is 6.08 Å². The molecule has 0 saturated carbocycles. The quantitative estimate of drug-likeness (QED) is 0.0321. The lowest BCUT2D eigenvalue weighted by molar-refractivity contribution is -0.143. The van der Waals surface area contributed by atoms with Crippen LogP contribution in [0, 0.1) is 0 Å². The van der Waals surface area contributed by atoms with Crippen molar-refractivity contribution in [2.75, 3.05) is 13.2 Å². The predicted molar refractivity (Wildman–Crippen MR) is 306 cm³/mol. The highest BCUT2D eigenvalue weighted by Gasteiger charge is 2.18. The molecular formula is C64H121NO5. The van der Waals surface area contributed by atoms with Crippen molar-refractivity contribution in [1.82, 2.24) is 5.32 Å². The molecule has 0 saturated heterocycles. The lowest BCUT2D eigenvalue weighted by Gasteiger charge is -2.20. The first-order valence-electron chi connectivity index (χ1n) is 31.3. The second-order valence-electron chi connectivity index (χ2n) is 21.4. The monoisotopic (exact) mass is 984 g/mol. The second kappa shape index (κ2) is 59.6. The standard InChI is InChI=1S/C64H121NO5/c1-3-5-7-9-11-13-15-17-18-19-20-24-27-30-33-36-40-44-48-52-56-62(67)61(60-66)65-63(68)57-53-49-45-41-37-34-31-28-25-22-21-23-26-29-32-35-39-43-47-51-55-59-70-64(69)58-54-50-46-42-38-16-14-12-10-8-6-4-2/h35,39,47,51-52,56,61-62,66-67H,3-34,36-38,40-46,48-50,53-55,57-60H2,1-2H3,(H,65,68)/b39-35-,51-47-,56-52+. The van der Waals surface area contributed by atoms with Gasteiger partial charge >= 0.3 is 5.97 Å². The van der Waals surface area contributed by atoms with Crippen LogP contribution in [-0.4, -0.2) is 47.4 Å². The number of allylic oxidation sites excluding steroid dienone is 4. The van der Waals surface area contributed by atoms with Crippen LogP contribution in [0.3, 0.4) is 0 Å². The number of amides is 1. The van der Waals surface area contributed by atoms with Crippen LogP contribution in [0.25, 0.3) is 0 Å². The summed E-state index contributed by atoms with van der Waals surface area (Å²) >= 11 is 0. The molecule has 0 fully saturated rings. The molecule has 6 heteroatoms. The number of nitrogens with one attached hydrogen (secondary N) is 1. The molecule has 6 nitrogen and oxygen atoms in total. The number of hydrogen-bond acceptors (Lipinski definition) is 5. The van der Waals surface area contributed by atoms with E-state index in [0.29, 0.717) is 19.4 Å². The van der Waals surface area contributed by atoms with Crippen LogP contribution >= 0.6 is 0 Å². The number of carbonyl (C=O) groups is 2. The van der Waals surface area contributed by atoms with Crippen molar-refractivity contribution < 1.29 is 24.5 Å². The minimum absolute atomic E-state index is 0.0350. The molecule has 0 rings (SSSR count). The highest BCUT2D eigenvalue weighted by atomic mass is 16.5. The normalized spacial score (nSPS) is 12.8. The minimum atomic E-state index is -0.849. The average molecular weight is 985 g/mol. The molecule has 2 atom stereocenters. The van der Waals surface area contributed by atoms with Crippen molar-refractivity contribution in [3.05, 3.63) is 36.5 Å². The van der Waals surface area contributed by atoms with E-state index in [9.17, 15) is 19.8 Å². The van der Waals surface area contributed by atoms with Gasteiger partial charge in [-0.25, -0.2) is 0 Å². The number of hydrogen-bond donors (Lipinski definition) is 3. The van der Waals surface area contributed by atoms with E-state index in [2.05, 4.69) is 43.5 Å². The molecule has 0 spiro atoms. The number of ether oxygens (including phenoxy) is 1. The van der Waals surface area contributed by atoms with Crippen LogP contribution in [0.2, 0.25) is 0 Å². The van der Waals surface area contributed by atoms with Crippen molar-refractivity contribution in [3.63, 3.8) is 0 Å². The molecule has 0 aromatic heterocycles. The van der Waals surface area contributed by atoms with E-state index >= 15 is 0 Å². The first-order valence-corrected chi connectivity index (χ1v) is 31.3. The fourth-order valence-electron chi connectivity index (χ4n) is 9.65. The molecule has 70 heavy (non-hydrogen) atoms. The van der Waals surface area contributed by atoms with Gasteiger partial charge < -0.3 is 20.3 Å². The van der Waals surface area contributed by atoms with E-state index in [0.717, 1.165) is 51.4 Å². The largest absolute Gasteiger partial charge is 0.465 e. The van der Waals surface area contributed by atoms with Gasteiger partial charge in [-0.15, -0.1) is 0 Å². The summed E-state index contributed by atoms with van der Waals surface area (Å²) in [4.78, 5) is 24.5. The predicted octanol–water partition coefficient (Wildman–Crippen LogP) is 19.6. The summed E-state index contributed by atoms with van der Waals surface area (Å²) in [6.45, 7) is 4.81. The summed E-state index contributed by atoms with van der Waals surface area (Å²) < 4.78 is 5.41. The zero-order valence-electron chi connectivity index (χ0n) is 47.0. The van der Waals surface area contributed by atoms with Crippen LogP contribution in [0.15, 0.2) is 36.5 Å². The molecule has 0 bridgehead atoms. The van der Waals surface area contributed by atoms with Gasteiger partial charge in [0.1, 0.15) is 0 Å². The molecular weight excluding hydrogens is 863 g/mol. The molecule has 1 amide bonds. The Bertz CT molecular complexity index is 1130. The van der Waals surface area contributed by atoms with Crippen molar-refractivity contribution in [2.24, 2.45) is 0 Å². The molecule has 3 N–H and O–H groups in total. The summed E-state index contributed by atoms with van der Waals surface area (Å²) in [5.41, 5.74) is 0. The Morgan fingerprint density at radius 3 is 1.09 bits per heavy atom. The van der Waals surface area contributed by atoms with Crippen LogP contribution < -0.4 is 5.32 Å².